The lowest BCUT2D eigenvalue weighted by atomic mass is 9.85. The van der Waals surface area contributed by atoms with Crippen molar-refractivity contribution in [2.24, 2.45) is 0 Å². The Morgan fingerprint density at radius 1 is 1.38 bits per heavy atom. The molecule has 1 aliphatic carbocycles. The number of hydrogen-bond donors (Lipinski definition) is 0. The number of hydrogen-bond acceptors (Lipinski definition) is 0. The van der Waals surface area contributed by atoms with Gasteiger partial charge in [-0.05, 0) is 23.5 Å². The van der Waals surface area contributed by atoms with E-state index in [1.54, 1.807) is 0 Å². The van der Waals surface area contributed by atoms with Gasteiger partial charge in [-0.25, -0.2) is 0 Å². The average Bonchev–Trinajstić information content (AvgIpc) is 2.19. The molecule has 0 spiro atoms. The van der Waals surface area contributed by atoms with Gasteiger partial charge in [0, 0.05) is 6.42 Å². The maximum Gasteiger partial charge on any atom is 0.0158 e. The Hall–Kier alpha value is -1.48. The molecule has 0 amide bonds. The predicted octanol–water partition coefficient (Wildman–Crippen LogP) is 3.21. The van der Waals surface area contributed by atoms with Gasteiger partial charge >= 0.3 is 0 Å². The third-order valence-electron chi connectivity index (χ3n) is 2.52. The van der Waals surface area contributed by atoms with E-state index < -0.39 is 0 Å². The van der Waals surface area contributed by atoms with E-state index >= 15 is 0 Å². The highest BCUT2D eigenvalue weighted by atomic mass is 14.2. The summed E-state index contributed by atoms with van der Waals surface area (Å²) in [5.41, 5.74) is 2.73. The second kappa shape index (κ2) is 3.49. The summed E-state index contributed by atoms with van der Waals surface area (Å²) >= 11 is 0. The standard InChI is InChI=1S/C13H12/c1-2-6-11-8-5-9-12-7-3-4-10-13(11)12/h1,3-5,7,9-11H,6,8H2. The molecule has 0 fully saturated rings. The van der Waals surface area contributed by atoms with Crippen molar-refractivity contribution >= 4 is 6.08 Å². The molecule has 0 saturated carbocycles. The fraction of sp³-hybridized carbons (Fsp3) is 0.231. The number of terminal acetylenes is 1. The van der Waals surface area contributed by atoms with Gasteiger partial charge in [0.25, 0.3) is 0 Å². The quantitative estimate of drug-likeness (QED) is 0.565. The highest BCUT2D eigenvalue weighted by molar-refractivity contribution is 5.57. The summed E-state index contributed by atoms with van der Waals surface area (Å²) in [6.45, 7) is 0. The maximum atomic E-state index is 5.34. The zero-order valence-electron chi connectivity index (χ0n) is 7.53. The molecule has 1 unspecified atom stereocenters. The van der Waals surface area contributed by atoms with Crippen LogP contribution >= 0.6 is 0 Å². The molecule has 64 valence electrons. The van der Waals surface area contributed by atoms with E-state index in [4.69, 9.17) is 6.42 Å². The van der Waals surface area contributed by atoms with E-state index in [0.717, 1.165) is 12.8 Å². The molecule has 0 aromatic heterocycles. The van der Waals surface area contributed by atoms with Crippen molar-refractivity contribution in [2.45, 2.75) is 18.8 Å². The first-order valence-electron chi connectivity index (χ1n) is 4.61. The molecule has 0 bridgehead atoms. The van der Waals surface area contributed by atoms with Crippen LogP contribution in [0.3, 0.4) is 0 Å². The molecule has 0 saturated heterocycles. The molecular formula is C13H12. The minimum absolute atomic E-state index is 0.534. The number of allylic oxidation sites excluding steroid dienone is 1. The Labute approximate surface area is 79.3 Å². The molecule has 1 aromatic carbocycles. The van der Waals surface area contributed by atoms with E-state index in [0.29, 0.717) is 5.92 Å². The molecule has 2 rings (SSSR count). The van der Waals surface area contributed by atoms with Crippen molar-refractivity contribution in [3.8, 4) is 12.3 Å². The summed E-state index contributed by atoms with van der Waals surface area (Å²) in [7, 11) is 0. The van der Waals surface area contributed by atoms with Gasteiger partial charge in [-0.3, -0.25) is 0 Å². The van der Waals surface area contributed by atoms with Crippen molar-refractivity contribution in [2.75, 3.05) is 0 Å². The largest absolute Gasteiger partial charge is 0.120 e. The normalized spacial score (nSPS) is 19.2. The minimum atomic E-state index is 0.534. The number of fused-ring (bicyclic) bond motifs is 1. The third-order valence-corrected chi connectivity index (χ3v) is 2.52. The number of rotatable bonds is 1. The van der Waals surface area contributed by atoms with E-state index in [1.165, 1.54) is 11.1 Å². The van der Waals surface area contributed by atoms with Gasteiger partial charge in [0.1, 0.15) is 0 Å². The molecule has 0 radical (unpaired) electrons. The van der Waals surface area contributed by atoms with Gasteiger partial charge in [-0.1, -0.05) is 36.4 Å². The summed E-state index contributed by atoms with van der Waals surface area (Å²) < 4.78 is 0. The fourth-order valence-corrected chi connectivity index (χ4v) is 1.86. The molecule has 1 atom stereocenters. The summed E-state index contributed by atoms with van der Waals surface area (Å²) in [6.07, 6.45) is 11.7. The minimum Gasteiger partial charge on any atom is -0.120 e. The smallest absolute Gasteiger partial charge is 0.0158 e. The van der Waals surface area contributed by atoms with E-state index in [2.05, 4.69) is 42.3 Å². The summed E-state index contributed by atoms with van der Waals surface area (Å²) in [5.74, 6) is 3.28. The molecule has 13 heavy (non-hydrogen) atoms. The van der Waals surface area contributed by atoms with Crippen molar-refractivity contribution in [3.63, 3.8) is 0 Å². The van der Waals surface area contributed by atoms with Crippen molar-refractivity contribution in [3.05, 3.63) is 41.5 Å². The van der Waals surface area contributed by atoms with Crippen LogP contribution in [0.4, 0.5) is 0 Å². The lowest BCUT2D eigenvalue weighted by Crippen LogP contribution is -2.02. The molecule has 0 nitrogen and oxygen atoms in total. The van der Waals surface area contributed by atoms with E-state index in [9.17, 15) is 0 Å². The molecule has 0 heteroatoms. The molecule has 0 N–H and O–H groups in total. The summed E-state index contributed by atoms with van der Waals surface area (Å²) in [4.78, 5) is 0. The first kappa shape index (κ1) is 8.13. The van der Waals surface area contributed by atoms with Crippen molar-refractivity contribution in [1.82, 2.24) is 0 Å². The topological polar surface area (TPSA) is 0 Å². The predicted molar refractivity (Wildman–Crippen MR) is 56.3 cm³/mol. The molecular weight excluding hydrogens is 156 g/mol. The molecule has 1 aliphatic rings. The zero-order valence-corrected chi connectivity index (χ0v) is 7.53. The summed E-state index contributed by atoms with van der Waals surface area (Å²) in [5, 5.41) is 0. The molecule has 1 aromatic rings. The van der Waals surface area contributed by atoms with Gasteiger partial charge in [-0.15, -0.1) is 12.3 Å². The first-order chi connectivity index (χ1) is 6.42. The van der Waals surface area contributed by atoms with Gasteiger partial charge < -0.3 is 0 Å². The van der Waals surface area contributed by atoms with Crippen LogP contribution in [-0.2, 0) is 0 Å². The van der Waals surface area contributed by atoms with Crippen LogP contribution in [0.1, 0.15) is 29.9 Å². The Morgan fingerprint density at radius 2 is 2.23 bits per heavy atom. The third kappa shape index (κ3) is 1.51. The van der Waals surface area contributed by atoms with Gasteiger partial charge in [0.2, 0.25) is 0 Å². The van der Waals surface area contributed by atoms with Crippen LogP contribution < -0.4 is 0 Å². The first-order valence-corrected chi connectivity index (χ1v) is 4.61. The van der Waals surface area contributed by atoms with E-state index in [1.807, 2.05) is 0 Å². The lowest BCUT2D eigenvalue weighted by molar-refractivity contribution is 0.717. The Bertz CT molecular complexity index is 366. The SMILES string of the molecule is C#CCC1CC=Cc2ccccc21. The summed E-state index contributed by atoms with van der Waals surface area (Å²) in [6, 6.07) is 8.48. The van der Waals surface area contributed by atoms with Crippen LogP contribution in [0.2, 0.25) is 0 Å². The van der Waals surface area contributed by atoms with Crippen LogP contribution in [0.15, 0.2) is 30.3 Å². The monoisotopic (exact) mass is 168 g/mol. The van der Waals surface area contributed by atoms with Crippen molar-refractivity contribution < 1.29 is 0 Å². The second-order valence-corrected chi connectivity index (χ2v) is 3.37. The molecule has 0 heterocycles. The van der Waals surface area contributed by atoms with Crippen LogP contribution in [0, 0.1) is 12.3 Å². The van der Waals surface area contributed by atoms with Gasteiger partial charge in [0.15, 0.2) is 0 Å². The van der Waals surface area contributed by atoms with Gasteiger partial charge in [-0.2, -0.15) is 0 Å². The Morgan fingerprint density at radius 3 is 3.08 bits per heavy atom. The fourth-order valence-electron chi connectivity index (χ4n) is 1.86. The van der Waals surface area contributed by atoms with Crippen LogP contribution in [-0.4, -0.2) is 0 Å². The van der Waals surface area contributed by atoms with Crippen LogP contribution in [0.5, 0.6) is 0 Å². The average molecular weight is 168 g/mol. The Balaban J connectivity index is 2.39. The second-order valence-electron chi connectivity index (χ2n) is 3.37. The van der Waals surface area contributed by atoms with Crippen molar-refractivity contribution in [1.29, 1.82) is 0 Å². The highest BCUT2D eigenvalue weighted by Gasteiger charge is 2.14. The van der Waals surface area contributed by atoms with E-state index in [-0.39, 0.29) is 0 Å². The Kier molecular flexibility index (Phi) is 2.19. The van der Waals surface area contributed by atoms with Gasteiger partial charge in [0.05, 0.1) is 0 Å². The highest BCUT2D eigenvalue weighted by Crippen LogP contribution is 2.31. The van der Waals surface area contributed by atoms with Crippen LogP contribution in [0.25, 0.3) is 6.08 Å². The maximum absolute atomic E-state index is 5.34. The number of benzene rings is 1. The zero-order chi connectivity index (χ0) is 9.10. The molecule has 0 aliphatic heterocycles. The lowest BCUT2D eigenvalue weighted by Gasteiger charge is -2.19.